The fourth-order valence-corrected chi connectivity index (χ4v) is 0.364. The largest absolute Gasteiger partial charge is 0.494 e. The Kier molecular flexibility index (Phi) is 4.25. The standard InChI is InChI=1S/C7H9NO/c1-3-9-7(2)5-4-6-8/h4-5H,2-3H2,1H3/b5-4+. The third-order valence-electron chi connectivity index (χ3n) is 0.673. The topological polar surface area (TPSA) is 33.0 Å². The van der Waals surface area contributed by atoms with Crippen molar-refractivity contribution in [2.45, 2.75) is 6.92 Å². The van der Waals surface area contributed by atoms with Gasteiger partial charge < -0.3 is 4.74 Å². The quantitative estimate of drug-likeness (QED) is 0.324. The van der Waals surface area contributed by atoms with Crippen molar-refractivity contribution in [3.63, 3.8) is 0 Å². The van der Waals surface area contributed by atoms with Gasteiger partial charge in [-0.1, -0.05) is 6.58 Å². The monoisotopic (exact) mass is 123 g/mol. The summed E-state index contributed by atoms with van der Waals surface area (Å²) >= 11 is 0. The highest BCUT2D eigenvalue weighted by Crippen LogP contribution is 1.93. The van der Waals surface area contributed by atoms with Crippen molar-refractivity contribution in [3.05, 3.63) is 24.5 Å². The highest BCUT2D eigenvalue weighted by atomic mass is 16.5. The first-order chi connectivity index (χ1) is 4.31. The number of ether oxygens (including phenoxy) is 1. The predicted octanol–water partition coefficient (Wildman–Crippen LogP) is 1.62. The van der Waals surface area contributed by atoms with Crippen LogP contribution in [0.15, 0.2) is 24.5 Å². The second-order valence-corrected chi connectivity index (χ2v) is 1.36. The minimum atomic E-state index is 0.527. The molecular formula is C7H9NO. The van der Waals surface area contributed by atoms with Crippen LogP contribution in [0.1, 0.15) is 6.92 Å². The lowest BCUT2D eigenvalue weighted by molar-refractivity contribution is 0.244. The van der Waals surface area contributed by atoms with Crippen LogP contribution in [-0.4, -0.2) is 6.61 Å². The lowest BCUT2D eigenvalue weighted by Crippen LogP contribution is -1.84. The first-order valence-corrected chi connectivity index (χ1v) is 2.69. The van der Waals surface area contributed by atoms with Crippen molar-refractivity contribution in [3.8, 4) is 6.07 Å². The van der Waals surface area contributed by atoms with Gasteiger partial charge in [0.15, 0.2) is 0 Å². The zero-order chi connectivity index (χ0) is 7.11. The number of allylic oxidation sites excluding steroid dienone is 2. The van der Waals surface area contributed by atoms with Gasteiger partial charge in [-0.15, -0.1) is 0 Å². The number of nitrogens with zero attached hydrogens (tertiary/aromatic N) is 1. The molecule has 0 saturated heterocycles. The van der Waals surface area contributed by atoms with Gasteiger partial charge in [0.1, 0.15) is 5.76 Å². The number of nitriles is 1. The molecule has 0 aromatic heterocycles. The zero-order valence-corrected chi connectivity index (χ0v) is 5.42. The van der Waals surface area contributed by atoms with Crippen molar-refractivity contribution >= 4 is 0 Å². The van der Waals surface area contributed by atoms with Crippen molar-refractivity contribution in [1.29, 1.82) is 5.26 Å². The van der Waals surface area contributed by atoms with Gasteiger partial charge in [0, 0.05) is 6.08 Å². The normalized spacial score (nSPS) is 8.89. The molecule has 0 heterocycles. The van der Waals surface area contributed by atoms with Crippen molar-refractivity contribution in [2.75, 3.05) is 6.61 Å². The smallest absolute Gasteiger partial charge is 0.112 e. The van der Waals surface area contributed by atoms with E-state index in [0.717, 1.165) is 0 Å². The van der Waals surface area contributed by atoms with Gasteiger partial charge in [-0.05, 0) is 13.0 Å². The molecule has 0 amide bonds. The summed E-state index contributed by atoms with van der Waals surface area (Å²) < 4.78 is 4.91. The molecule has 0 rings (SSSR count). The third-order valence-corrected chi connectivity index (χ3v) is 0.673. The molecule has 0 aromatic carbocycles. The van der Waals surface area contributed by atoms with E-state index in [1.165, 1.54) is 12.2 Å². The Labute approximate surface area is 55.1 Å². The number of rotatable bonds is 3. The van der Waals surface area contributed by atoms with E-state index >= 15 is 0 Å². The average molecular weight is 123 g/mol. The van der Waals surface area contributed by atoms with Crippen LogP contribution in [0.3, 0.4) is 0 Å². The minimum Gasteiger partial charge on any atom is -0.494 e. The lowest BCUT2D eigenvalue weighted by Gasteiger charge is -1.97. The Morgan fingerprint density at radius 2 is 2.56 bits per heavy atom. The molecule has 9 heavy (non-hydrogen) atoms. The fraction of sp³-hybridized carbons (Fsp3) is 0.286. The maximum atomic E-state index is 8.05. The van der Waals surface area contributed by atoms with E-state index in [1.807, 2.05) is 13.0 Å². The van der Waals surface area contributed by atoms with E-state index in [1.54, 1.807) is 0 Å². The van der Waals surface area contributed by atoms with E-state index in [0.29, 0.717) is 12.4 Å². The van der Waals surface area contributed by atoms with Gasteiger partial charge >= 0.3 is 0 Å². The van der Waals surface area contributed by atoms with Crippen LogP contribution >= 0.6 is 0 Å². The first-order valence-electron chi connectivity index (χ1n) is 2.69. The summed E-state index contributed by atoms with van der Waals surface area (Å²) in [6.45, 7) is 5.98. The van der Waals surface area contributed by atoms with Crippen LogP contribution in [-0.2, 0) is 4.74 Å². The predicted molar refractivity (Wildman–Crippen MR) is 35.5 cm³/mol. The SMILES string of the molecule is C=C(/C=C/C#N)OCC. The van der Waals surface area contributed by atoms with E-state index in [9.17, 15) is 0 Å². The molecule has 0 spiro atoms. The van der Waals surface area contributed by atoms with Gasteiger partial charge in [-0.25, -0.2) is 0 Å². The minimum absolute atomic E-state index is 0.527. The van der Waals surface area contributed by atoms with Gasteiger partial charge in [0.05, 0.1) is 12.7 Å². The molecule has 0 atom stereocenters. The second kappa shape index (κ2) is 4.92. The molecule has 0 fully saturated rings. The maximum absolute atomic E-state index is 8.05. The van der Waals surface area contributed by atoms with Gasteiger partial charge in [0.25, 0.3) is 0 Å². The van der Waals surface area contributed by atoms with Crippen molar-refractivity contribution in [2.24, 2.45) is 0 Å². The van der Waals surface area contributed by atoms with Gasteiger partial charge in [-0.2, -0.15) is 5.26 Å². The summed E-state index contributed by atoms with van der Waals surface area (Å²) in [7, 11) is 0. The molecule has 2 nitrogen and oxygen atoms in total. The zero-order valence-electron chi connectivity index (χ0n) is 5.42. The summed E-state index contributed by atoms with van der Waals surface area (Å²) in [6, 6.07) is 1.84. The summed E-state index contributed by atoms with van der Waals surface area (Å²) in [5.74, 6) is 0.527. The Bertz CT molecular complexity index is 153. The van der Waals surface area contributed by atoms with Crippen LogP contribution < -0.4 is 0 Å². The summed E-state index contributed by atoms with van der Waals surface area (Å²) in [5, 5.41) is 8.05. The number of hydrogen-bond acceptors (Lipinski definition) is 2. The molecule has 0 radical (unpaired) electrons. The molecule has 0 aromatic rings. The summed E-state index contributed by atoms with van der Waals surface area (Å²) in [5.41, 5.74) is 0. The summed E-state index contributed by atoms with van der Waals surface area (Å²) in [6.07, 6.45) is 2.86. The molecule has 0 unspecified atom stereocenters. The van der Waals surface area contributed by atoms with Crippen LogP contribution in [0.25, 0.3) is 0 Å². The molecule has 0 aliphatic carbocycles. The van der Waals surface area contributed by atoms with E-state index in [2.05, 4.69) is 6.58 Å². The van der Waals surface area contributed by atoms with Crippen LogP contribution in [0.2, 0.25) is 0 Å². The van der Waals surface area contributed by atoms with Crippen molar-refractivity contribution < 1.29 is 4.74 Å². The van der Waals surface area contributed by atoms with Gasteiger partial charge in [-0.3, -0.25) is 0 Å². The first kappa shape index (κ1) is 7.77. The number of hydrogen-bond donors (Lipinski definition) is 0. The molecule has 0 N–H and O–H groups in total. The Morgan fingerprint density at radius 1 is 1.89 bits per heavy atom. The Hall–Kier alpha value is -1.23. The molecule has 0 bridgehead atoms. The van der Waals surface area contributed by atoms with E-state index in [4.69, 9.17) is 10.00 Å². The molecule has 0 saturated carbocycles. The fourth-order valence-electron chi connectivity index (χ4n) is 0.364. The summed E-state index contributed by atoms with van der Waals surface area (Å²) in [4.78, 5) is 0. The third kappa shape index (κ3) is 4.63. The highest BCUT2D eigenvalue weighted by molar-refractivity contribution is 5.14. The molecule has 48 valence electrons. The van der Waals surface area contributed by atoms with Crippen LogP contribution in [0.5, 0.6) is 0 Å². The van der Waals surface area contributed by atoms with Gasteiger partial charge in [0.2, 0.25) is 0 Å². The molecule has 2 heteroatoms. The van der Waals surface area contributed by atoms with E-state index < -0.39 is 0 Å². The molecular weight excluding hydrogens is 114 g/mol. The second-order valence-electron chi connectivity index (χ2n) is 1.36. The van der Waals surface area contributed by atoms with Crippen LogP contribution in [0, 0.1) is 11.3 Å². The lowest BCUT2D eigenvalue weighted by atomic mass is 10.5. The Balaban J connectivity index is 3.53. The van der Waals surface area contributed by atoms with E-state index in [-0.39, 0.29) is 0 Å². The average Bonchev–Trinajstić information content (AvgIpc) is 1.85. The molecule has 0 aliphatic heterocycles. The highest BCUT2D eigenvalue weighted by Gasteiger charge is 1.81. The molecule has 0 aliphatic rings. The van der Waals surface area contributed by atoms with Crippen molar-refractivity contribution in [1.82, 2.24) is 0 Å². The van der Waals surface area contributed by atoms with Crippen LogP contribution in [0.4, 0.5) is 0 Å². The maximum Gasteiger partial charge on any atom is 0.112 e. The Morgan fingerprint density at radius 3 is 3.00 bits per heavy atom.